The van der Waals surface area contributed by atoms with Crippen LogP contribution in [0.3, 0.4) is 0 Å². The summed E-state index contributed by atoms with van der Waals surface area (Å²) in [5.74, 6) is 0.104. The van der Waals surface area contributed by atoms with E-state index in [1.807, 2.05) is 65.7 Å². The predicted molar refractivity (Wildman–Crippen MR) is 104 cm³/mol. The van der Waals surface area contributed by atoms with Gasteiger partial charge in [0, 0.05) is 28.8 Å². The van der Waals surface area contributed by atoms with Crippen LogP contribution in [0.4, 0.5) is 0 Å². The second kappa shape index (κ2) is 7.75. The third-order valence-corrected chi connectivity index (χ3v) is 5.69. The van der Waals surface area contributed by atoms with Gasteiger partial charge in [-0.05, 0) is 43.2 Å². The van der Waals surface area contributed by atoms with Crippen LogP contribution in [-0.2, 0) is 0 Å². The lowest BCUT2D eigenvalue weighted by molar-refractivity contribution is 0.0733. The Morgan fingerprint density at radius 1 is 0.962 bits per heavy atom. The molecular formula is C22H20N2OS. The van der Waals surface area contributed by atoms with E-state index >= 15 is 0 Å². The Bertz CT molecular complexity index is 883. The molecule has 3 aromatic rings. The number of amides is 1. The minimum atomic E-state index is 0.0858. The molecule has 0 unspecified atom stereocenters. The Hall–Kier alpha value is -2.59. The van der Waals surface area contributed by atoms with Gasteiger partial charge in [0.25, 0.3) is 5.91 Å². The number of carbonyl (C=O) groups is 1. The van der Waals surface area contributed by atoms with E-state index in [0.717, 1.165) is 40.4 Å². The molecule has 130 valence electrons. The largest absolute Gasteiger partial charge is 0.332 e. The van der Waals surface area contributed by atoms with Crippen LogP contribution in [0.25, 0.3) is 0 Å². The minimum Gasteiger partial charge on any atom is -0.332 e. The zero-order valence-corrected chi connectivity index (χ0v) is 15.2. The Balaban J connectivity index is 1.63. The number of likely N-dealkylation sites (tertiary alicyclic amines) is 1. The summed E-state index contributed by atoms with van der Waals surface area (Å²) in [5.41, 5.74) is 1.89. The van der Waals surface area contributed by atoms with Crippen LogP contribution in [0.15, 0.2) is 88.9 Å². The molecule has 1 aromatic heterocycles. The lowest BCUT2D eigenvalue weighted by atomic mass is 10.1. The van der Waals surface area contributed by atoms with Gasteiger partial charge in [-0.15, -0.1) is 0 Å². The van der Waals surface area contributed by atoms with Crippen molar-refractivity contribution in [3.8, 4) is 0 Å². The average molecular weight is 360 g/mol. The Labute approximate surface area is 158 Å². The predicted octanol–water partition coefficient (Wildman–Crippen LogP) is 5.21. The zero-order valence-electron chi connectivity index (χ0n) is 14.4. The van der Waals surface area contributed by atoms with Gasteiger partial charge in [0.05, 0.1) is 6.04 Å². The topological polar surface area (TPSA) is 33.2 Å². The van der Waals surface area contributed by atoms with E-state index in [1.54, 1.807) is 11.8 Å². The van der Waals surface area contributed by atoms with Crippen molar-refractivity contribution in [2.24, 2.45) is 0 Å². The average Bonchev–Trinajstić information content (AvgIpc) is 3.19. The standard InChI is InChI=1S/C22H20N2OS/c25-22(17-9-3-1-4-10-17)24-16-8-14-20(24)19-13-7-15-23-21(19)26-18-11-5-2-6-12-18/h1-7,9-13,15,20H,8,14,16H2/t20-/m0/s1. The fourth-order valence-corrected chi connectivity index (χ4v) is 4.37. The first-order valence-corrected chi connectivity index (χ1v) is 9.68. The lowest BCUT2D eigenvalue weighted by Crippen LogP contribution is -2.30. The van der Waals surface area contributed by atoms with E-state index in [4.69, 9.17) is 0 Å². The normalized spacial score (nSPS) is 16.6. The molecule has 0 spiro atoms. The number of hydrogen-bond acceptors (Lipinski definition) is 3. The molecule has 1 atom stereocenters. The van der Waals surface area contributed by atoms with Crippen molar-refractivity contribution in [3.63, 3.8) is 0 Å². The van der Waals surface area contributed by atoms with Crippen LogP contribution < -0.4 is 0 Å². The van der Waals surface area contributed by atoms with E-state index in [2.05, 4.69) is 23.2 Å². The molecule has 1 amide bonds. The quantitative estimate of drug-likeness (QED) is 0.640. The van der Waals surface area contributed by atoms with Gasteiger partial charge < -0.3 is 4.90 Å². The molecule has 3 nitrogen and oxygen atoms in total. The van der Waals surface area contributed by atoms with Gasteiger partial charge in [0.15, 0.2) is 0 Å². The van der Waals surface area contributed by atoms with Crippen molar-refractivity contribution < 1.29 is 4.79 Å². The number of carbonyl (C=O) groups excluding carboxylic acids is 1. The molecule has 0 saturated carbocycles. The van der Waals surface area contributed by atoms with Gasteiger partial charge in [-0.25, -0.2) is 4.98 Å². The highest BCUT2D eigenvalue weighted by Gasteiger charge is 2.32. The van der Waals surface area contributed by atoms with E-state index in [1.165, 1.54) is 0 Å². The van der Waals surface area contributed by atoms with Crippen LogP contribution in [-0.4, -0.2) is 22.3 Å². The molecule has 2 aromatic carbocycles. The second-order valence-corrected chi connectivity index (χ2v) is 7.40. The number of nitrogens with zero attached hydrogens (tertiary/aromatic N) is 2. The van der Waals surface area contributed by atoms with Crippen molar-refractivity contribution in [2.45, 2.75) is 28.8 Å². The first-order chi connectivity index (χ1) is 12.8. The number of rotatable bonds is 4. The molecule has 0 radical (unpaired) electrons. The maximum Gasteiger partial charge on any atom is 0.254 e. The molecule has 1 aliphatic heterocycles. The molecule has 1 fully saturated rings. The summed E-state index contributed by atoms with van der Waals surface area (Å²) in [6.45, 7) is 0.794. The number of benzene rings is 2. The first-order valence-electron chi connectivity index (χ1n) is 8.87. The van der Waals surface area contributed by atoms with Gasteiger partial charge in [0.2, 0.25) is 0 Å². The fourth-order valence-electron chi connectivity index (χ4n) is 3.42. The van der Waals surface area contributed by atoms with Gasteiger partial charge in [0.1, 0.15) is 5.03 Å². The third-order valence-electron chi connectivity index (χ3n) is 4.65. The number of pyridine rings is 1. The summed E-state index contributed by atoms with van der Waals surface area (Å²) in [6, 6.07) is 24.0. The fraction of sp³-hybridized carbons (Fsp3) is 0.182. The third kappa shape index (κ3) is 3.51. The number of hydrogen-bond donors (Lipinski definition) is 0. The second-order valence-electron chi connectivity index (χ2n) is 6.34. The smallest absolute Gasteiger partial charge is 0.254 e. The van der Waals surface area contributed by atoms with Crippen LogP contribution in [0.1, 0.15) is 34.8 Å². The molecule has 0 bridgehead atoms. The van der Waals surface area contributed by atoms with E-state index in [9.17, 15) is 4.79 Å². The summed E-state index contributed by atoms with van der Waals surface area (Å²) in [6.07, 6.45) is 3.83. The zero-order chi connectivity index (χ0) is 17.8. The Morgan fingerprint density at radius 2 is 1.69 bits per heavy atom. The monoisotopic (exact) mass is 360 g/mol. The van der Waals surface area contributed by atoms with Crippen LogP contribution in [0.2, 0.25) is 0 Å². The van der Waals surface area contributed by atoms with Crippen molar-refractivity contribution in [3.05, 3.63) is 90.1 Å². The van der Waals surface area contributed by atoms with Crippen LogP contribution >= 0.6 is 11.8 Å². The Kier molecular flexibility index (Phi) is 5.02. The molecule has 1 aliphatic rings. The summed E-state index contributed by atoms with van der Waals surface area (Å²) in [7, 11) is 0. The van der Waals surface area contributed by atoms with E-state index in [0.29, 0.717) is 0 Å². The highest BCUT2D eigenvalue weighted by atomic mass is 32.2. The minimum absolute atomic E-state index is 0.0858. The molecular weight excluding hydrogens is 340 g/mol. The van der Waals surface area contributed by atoms with Crippen molar-refractivity contribution in [1.29, 1.82) is 0 Å². The molecule has 4 heteroatoms. The number of aromatic nitrogens is 1. The van der Waals surface area contributed by atoms with E-state index < -0.39 is 0 Å². The molecule has 0 aliphatic carbocycles. The molecule has 1 saturated heterocycles. The summed E-state index contributed by atoms with van der Waals surface area (Å²) < 4.78 is 0. The van der Waals surface area contributed by atoms with Crippen molar-refractivity contribution in [1.82, 2.24) is 9.88 Å². The maximum absolute atomic E-state index is 13.0. The maximum atomic E-state index is 13.0. The molecule has 26 heavy (non-hydrogen) atoms. The SMILES string of the molecule is O=C(c1ccccc1)N1CCC[C@H]1c1cccnc1Sc1ccccc1. The summed E-state index contributed by atoms with van der Waals surface area (Å²) >= 11 is 1.66. The first kappa shape index (κ1) is 16.9. The highest BCUT2D eigenvalue weighted by Crippen LogP contribution is 2.39. The van der Waals surface area contributed by atoms with E-state index in [-0.39, 0.29) is 11.9 Å². The van der Waals surface area contributed by atoms with Gasteiger partial charge in [-0.3, -0.25) is 4.79 Å². The van der Waals surface area contributed by atoms with Crippen LogP contribution in [0.5, 0.6) is 0 Å². The van der Waals surface area contributed by atoms with Gasteiger partial charge in [-0.1, -0.05) is 54.2 Å². The van der Waals surface area contributed by atoms with Gasteiger partial charge >= 0.3 is 0 Å². The highest BCUT2D eigenvalue weighted by molar-refractivity contribution is 7.99. The molecule has 0 N–H and O–H groups in total. The van der Waals surface area contributed by atoms with Crippen molar-refractivity contribution >= 4 is 17.7 Å². The summed E-state index contributed by atoms with van der Waals surface area (Å²) in [5, 5.41) is 0.983. The van der Waals surface area contributed by atoms with Crippen LogP contribution in [0, 0.1) is 0 Å². The summed E-state index contributed by atoms with van der Waals surface area (Å²) in [4.78, 5) is 20.8. The Morgan fingerprint density at radius 3 is 2.46 bits per heavy atom. The van der Waals surface area contributed by atoms with Gasteiger partial charge in [-0.2, -0.15) is 0 Å². The lowest BCUT2D eigenvalue weighted by Gasteiger charge is -2.26. The van der Waals surface area contributed by atoms with Crippen molar-refractivity contribution in [2.75, 3.05) is 6.54 Å². The molecule has 2 heterocycles. The molecule has 4 rings (SSSR count).